The standard InChI is InChI=1S/C9H11NO3/c1-6-3-8(11)7(5-10-12)9(4-6)13-2/h3-5,11-12H,1-2H3/b10-5+. The highest BCUT2D eigenvalue weighted by Crippen LogP contribution is 2.27. The molecule has 0 aromatic heterocycles. The summed E-state index contributed by atoms with van der Waals surface area (Å²) in [6, 6.07) is 3.32. The first-order valence-corrected chi connectivity index (χ1v) is 3.74. The maximum Gasteiger partial charge on any atom is 0.131 e. The molecule has 0 aliphatic carbocycles. The van der Waals surface area contributed by atoms with Crippen molar-refractivity contribution in [1.29, 1.82) is 0 Å². The molecular weight excluding hydrogens is 170 g/mol. The molecule has 1 aromatic carbocycles. The number of nitrogens with zero attached hydrogens (tertiary/aromatic N) is 1. The summed E-state index contributed by atoms with van der Waals surface area (Å²) in [6.45, 7) is 1.84. The fraction of sp³-hybridized carbons (Fsp3) is 0.222. The highest BCUT2D eigenvalue weighted by molar-refractivity contribution is 5.87. The Morgan fingerprint density at radius 2 is 2.15 bits per heavy atom. The molecule has 1 rings (SSSR count). The monoisotopic (exact) mass is 181 g/mol. The highest BCUT2D eigenvalue weighted by Gasteiger charge is 2.07. The molecule has 0 radical (unpaired) electrons. The van der Waals surface area contributed by atoms with Crippen molar-refractivity contribution in [3.63, 3.8) is 0 Å². The van der Waals surface area contributed by atoms with E-state index in [1.54, 1.807) is 12.1 Å². The Labute approximate surface area is 76.1 Å². The van der Waals surface area contributed by atoms with E-state index in [9.17, 15) is 5.11 Å². The molecule has 0 aliphatic heterocycles. The van der Waals surface area contributed by atoms with Crippen LogP contribution >= 0.6 is 0 Å². The number of aromatic hydroxyl groups is 1. The van der Waals surface area contributed by atoms with E-state index < -0.39 is 0 Å². The molecule has 13 heavy (non-hydrogen) atoms. The van der Waals surface area contributed by atoms with Crippen molar-refractivity contribution in [2.75, 3.05) is 7.11 Å². The minimum absolute atomic E-state index is 0.0367. The fourth-order valence-corrected chi connectivity index (χ4v) is 1.10. The van der Waals surface area contributed by atoms with Gasteiger partial charge in [-0.2, -0.15) is 0 Å². The van der Waals surface area contributed by atoms with Gasteiger partial charge >= 0.3 is 0 Å². The van der Waals surface area contributed by atoms with Crippen LogP contribution in [0.4, 0.5) is 0 Å². The second kappa shape index (κ2) is 3.80. The lowest BCUT2D eigenvalue weighted by atomic mass is 10.1. The molecule has 0 bridgehead atoms. The van der Waals surface area contributed by atoms with Crippen LogP contribution in [-0.2, 0) is 0 Å². The average Bonchev–Trinajstić information content (AvgIpc) is 2.09. The summed E-state index contributed by atoms with van der Waals surface area (Å²) in [7, 11) is 1.49. The van der Waals surface area contributed by atoms with Crippen LogP contribution in [0.25, 0.3) is 0 Å². The van der Waals surface area contributed by atoms with Crippen molar-refractivity contribution in [3.8, 4) is 11.5 Å². The number of methoxy groups -OCH3 is 1. The van der Waals surface area contributed by atoms with Crippen LogP contribution in [0, 0.1) is 6.92 Å². The van der Waals surface area contributed by atoms with Crippen LogP contribution in [0.1, 0.15) is 11.1 Å². The minimum Gasteiger partial charge on any atom is -0.507 e. The number of phenolic OH excluding ortho intramolecular Hbond substituents is 1. The first-order chi connectivity index (χ1) is 6.19. The van der Waals surface area contributed by atoms with Crippen molar-refractivity contribution in [1.82, 2.24) is 0 Å². The third-order valence-electron chi connectivity index (χ3n) is 1.67. The quantitative estimate of drug-likeness (QED) is 0.413. The maximum atomic E-state index is 9.45. The van der Waals surface area contributed by atoms with E-state index in [-0.39, 0.29) is 5.75 Å². The molecule has 0 fully saturated rings. The molecule has 0 aliphatic rings. The van der Waals surface area contributed by atoms with Gasteiger partial charge in [-0.1, -0.05) is 5.16 Å². The Kier molecular flexibility index (Phi) is 2.74. The molecule has 0 atom stereocenters. The third-order valence-corrected chi connectivity index (χ3v) is 1.67. The van der Waals surface area contributed by atoms with Crippen LogP contribution in [0.15, 0.2) is 17.3 Å². The zero-order valence-electron chi connectivity index (χ0n) is 7.48. The first-order valence-electron chi connectivity index (χ1n) is 3.74. The van der Waals surface area contributed by atoms with Gasteiger partial charge in [0.15, 0.2) is 0 Å². The molecule has 0 unspecified atom stereocenters. The second-order valence-electron chi connectivity index (χ2n) is 2.64. The van der Waals surface area contributed by atoms with Gasteiger partial charge < -0.3 is 15.1 Å². The second-order valence-corrected chi connectivity index (χ2v) is 2.64. The fourth-order valence-electron chi connectivity index (χ4n) is 1.10. The summed E-state index contributed by atoms with van der Waals surface area (Å²) in [5.41, 5.74) is 1.25. The Morgan fingerprint density at radius 1 is 1.46 bits per heavy atom. The van der Waals surface area contributed by atoms with Gasteiger partial charge in [0, 0.05) is 0 Å². The first kappa shape index (κ1) is 9.38. The molecule has 0 amide bonds. The van der Waals surface area contributed by atoms with Crippen molar-refractivity contribution in [3.05, 3.63) is 23.3 Å². The lowest BCUT2D eigenvalue weighted by Gasteiger charge is -2.07. The van der Waals surface area contributed by atoms with Gasteiger partial charge in [0.1, 0.15) is 11.5 Å². The zero-order chi connectivity index (χ0) is 9.84. The van der Waals surface area contributed by atoms with Crippen LogP contribution < -0.4 is 4.74 Å². The zero-order valence-corrected chi connectivity index (χ0v) is 7.48. The number of rotatable bonds is 2. The molecule has 4 heteroatoms. The Balaban J connectivity index is 3.29. The molecular formula is C9H11NO3. The van der Waals surface area contributed by atoms with E-state index in [1.165, 1.54) is 7.11 Å². The van der Waals surface area contributed by atoms with Crippen molar-refractivity contribution in [2.24, 2.45) is 5.16 Å². The smallest absolute Gasteiger partial charge is 0.131 e. The third kappa shape index (κ3) is 1.90. The SMILES string of the molecule is COc1cc(C)cc(O)c1/C=N/O. The van der Waals surface area contributed by atoms with Gasteiger partial charge in [0.25, 0.3) is 0 Å². The molecule has 2 N–H and O–H groups in total. The van der Waals surface area contributed by atoms with Crippen LogP contribution in [0.5, 0.6) is 11.5 Å². The van der Waals surface area contributed by atoms with Crippen LogP contribution in [-0.4, -0.2) is 23.6 Å². The van der Waals surface area contributed by atoms with Gasteiger partial charge in [-0.15, -0.1) is 0 Å². The number of hydrogen-bond acceptors (Lipinski definition) is 4. The lowest BCUT2D eigenvalue weighted by Crippen LogP contribution is -1.92. The summed E-state index contributed by atoms with van der Waals surface area (Å²) in [5.74, 6) is 0.518. The van der Waals surface area contributed by atoms with Crippen molar-refractivity contribution in [2.45, 2.75) is 6.92 Å². The number of hydrogen-bond donors (Lipinski definition) is 2. The number of oxime groups is 1. The maximum absolute atomic E-state index is 9.45. The molecule has 0 heterocycles. The molecule has 0 saturated heterocycles. The number of ether oxygens (including phenoxy) is 1. The predicted molar refractivity (Wildman–Crippen MR) is 48.8 cm³/mol. The Morgan fingerprint density at radius 3 is 2.69 bits per heavy atom. The van der Waals surface area contributed by atoms with Gasteiger partial charge in [-0.05, 0) is 24.6 Å². The number of aryl methyl sites for hydroxylation is 1. The van der Waals surface area contributed by atoms with E-state index >= 15 is 0 Å². The van der Waals surface area contributed by atoms with E-state index in [0.29, 0.717) is 11.3 Å². The molecule has 1 aromatic rings. The van der Waals surface area contributed by atoms with E-state index in [4.69, 9.17) is 9.94 Å². The summed E-state index contributed by atoms with van der Waals surface area (Å²) < 4.78 is 5.00. The predicted octanol–water partition coefficient (Wildman–Crippen LogP) is 1.52. The van der Waals surface area contributed by atoms with Gasteiger partial charge in [-0.25, -0.2) is 0 Å². The van der Waals surface area contributed by atoms with Gasteiger partial charge in [-0.3, -0.25) is 0 Å². The normalized spacial score (nSPS) is 10.6. The summed E-state index contributed by atoms with van der Waals surface area (Å²) in [4.78, 5) is 0. The lowest BCUT2D eigenvalue weighted by molar-refractivity contribution is 0.321. The van der Waals surface area contributed by atoms with Crippen LogP contribution in [0.3, 0.4) is 0 Å². The van der Waals surface area contributed by atoms with Crippen molar-refractivity contribution >= 4 is 6.21 Å². The van der Waals surface area contributed by atoms with E-state index in [1.807, 2.05) is 6.92 Å². The largest absolute Gasteiger partial charge is 0.507 e. The summed E-state index contributed by atoms with van der Waals surface area (Å²) in [5, 5.41) is 20.6. The molecule has 4 nitrogen and oxygen atoms in total. The van der Waals surface area contributed by atoms with Gasteiger partial charge in [0.05, 0.1) is 18.9 Å². The van der Waals surface area contributed by atoms with E-state index in [2.05, 4.69) is 5.16 Å². The average molecular weight is 181 g/mol. The molecule has 0 spiro atoms. The minimum atomic E-state index is 0.0367. The Bertz CT molecular complexity index is 334. The molecule has 70 valence electrons. The summed E-state index contributed by atoms with van der Waals surface area (Å²) in [6.07, 6.45) is 1.13. The number of benzene rings is 1. The van der Waals surface area contributed by atoms with Crippen molar-refractivity contribution < 1.29 is 15.1 Å². The highest BCUT2D eigenvalue weighted by atomic mass is 16.5. The van der Waals surface area contributed by atoms with Gasteiger partial charge in [0.2, 0.25) is 0 Å². The summed E-state index contributed by atoms with van der Waals surface area (Å²) >= 11 is 0. The molecule has 0 saturated carbocycles. The topological polar surface area (TPSA) is 62.0 Å². The van der Waals surface area contributed by atoms with E-state index in [0.717, 1.165) is 11.8 Å². The van der Waals surface area contributed by atoms with Crippen LogP contribution in [0.2, 0.25) is 0 Å². The Hall–Kier alpha value is -1.71. The number of phenols is 1.